The predicted molar refractivity (Wildman–Crippen MR) is 68.1 cm³/mol. The fourth-order valence-corrected chi connectivity index (χ4v) is 0.876. The van der Waals surface area contributed by atoms with Gasteiger partial charge in [-0.25, -0.2) is 0 Å². The van der Waals surface area contributed by atoms with Crippen LogP contribution in [-0.4, -0.2) is 37.3 Å². The van der Waals surface area contributed by atoms with E-state index in [0.717, 1.165) is 6.92 Å². The van der Waals surface area contributed by atoms with Gasteiger partial charge in [0, 0.05) is 0 Å². The van der Waals surface area contributed by atoms with E-state index in [4.69, 9.17) is 0 Å². The number of alkyl halides is 6. The number of hydrogen-bond acceptors (Lipinski definition) is 2. The second-order valence-corrected chi connectivity index (χ2v) is 4.68. The van der Waals surface area contributed by atoms with Crippen molar-refractivity contribution < 1.29 is 35.8 Å². The number of halogens is 6. The lowest BCUT2D eigenvalue weighted by molar-refractivity contribution is -0.225. The minimum Gasteiger partial charge on any atom is -0.369 e. The molecule has 0 N–H and O–H groups in total. The highest BCUT2D eigenvalue weighted by atomic mass is 19.4. The molecule has 2 nitrogen and oxygen atoms in total. The summed E-state index contributed by atoms with van der Waals surface area (Å²) in [4.78, 5) is 0. The van der Waals surface area contributed by atoms with E-state index in [1.165, 1.54) is 0 Å². The van der Waals surface area contributed by atoms with E-state index in [0.29, 0.717) is 12.8 Å². The van der Waals surface area contributed by atoms with Crippen molar-refractivity contribution in [2.75, 3.05) is 6.61 Å². The Labute approximate surface area is 121 Å². The van der Waals surface area contributed by atoms with E-state index >= 15 is 0 Å². The van der Waals surface area contributed by atoms with Gasteiger partial charge in [-0.2, -0.15) is 26.3 Å². The van der Waals surface area contributed by atoms with Crippen molar-refractivity contribution in [3.05, 3.63) is 0 Å². The Balaban J connectivity index is 0. The van der Waals surface area contributed by atoms with Crippen molar-refractivity contribution in [2.45, 2.75) is 78.1 Å². The molecular weight excluding hydrogens is 302 g/mol. The molecule has 0 aliphatic carbocycles. The first kappa shape index (κ1) is 22.8. The van der Waals surface area contributed by atoms with Crippen LogP contribution in [0.1, 0.15) is 47.5 Å². The predicted octanol–water partition coefficient (Wildman–Crippen LogP) is 5.12. The largest absolute Gasteiger partial charge is 0.414 e. The van der Waals surface area contributed by atoms with E-state index < -0.39 is 25.1 Å². The average molecular weight is 326 g/mol. The molecule has 8 heteroatoms. The van der Waals surface area contributed by atoms with E-state index in [1.807, 2.05) is 0 Å². The van der Waals surface area contributed by atoms with Crippen LogP contribution in [0.4, 0.5) is 26.3 Å². The molecule has 0 bridgehead atoms. The maximum Gasteiger partial charge on any atom is 0.414 e. The molecule has 0 radical (unpaired) electrons. The van der Waals surface area contributed by atoms with Crippen LogP contribution in [0, 0.1) is 0 Å². The van der Waals surface area contributed by atoms with Crippen LogP contribution in [0.2, 0.25) is 0 Å². The van der Waals surface area contributed by atoms with Gasteiger partial charge in [0.2, 0.25) is 0 Å². The third-order valence-electron chi connectivity index (χ3n) is 2.58. The number of rotatable bonds is 6. The summed E-state index contributed by atoms with van der Waals surface area (Å²) < 4.78 is 78.8. The summed E-state index contributed by atoms with van der Waals surface area (Å²) in [5.74, 6) is 0. The van der Waals surface area contributed by atoms with Gasteiger partial charge >= 0.3 is 12.4 Å². The zero-order chi connectivity index (χ0) is 17.3. The lowest BCUT2D eigenvalue weighted by Gasteiger charge is -2.20. The Morgan fingerprint density at radius 1 is 0.810 bits per heavy atom. The summed E-state index contributed by atoms with van der Waals surface area (Å²) in [6, 6.07) is 0. The second-order valence-electron chi connectivity index (χ2n) is 4.68. The first-order chi connectivity index (χ1) is 9.33. The standard InChI is InChI=1S/C7H13F3O.C6H11F3O/c1-4-5(2)11-6(3)7(8,9)10;1-3-5(2)10-4-6(7,8)9/h5-6H,4H2,1-3H3;5H,3-4H2,1-2H3. The zero-order valence-corrected chi connectivity index (χ0v) is 12.9. The van der Waals surface area contributed by atoms with Crippen LogP contribution < -0.4 is 0 Å². The van der Waals surface area contributed by atoms with Gasteiger partial charge in [-0.05, 0) is 33.6 Å². The monoisotopic (exact) mass is 326 g/mol. The van der Waals surface area contributed by atoms with Gasteiger partial charge in [-0.1, -0.05) is 13.8 Å². The Morgan fingerprint density at radius 2 is 1.24 bits per heavy atom. The molecule has 0 aromatic carbocycles. The highest BCUT2D eigenvalue weighted by molar-refractivity contribution is 4.62. The van der Waals surface area contributed by atoms with Crippen molar-refractivity contribution in [1.29, 1.82) is 0 Å². The van der Waals surface area contributed by atoms with Crippen LogP contribution in [0.15, 0.2) is 0 Å². The average Bonchev–Trinajstić information content (AvgIpc) is 2.34. The molecule has 0 aliphatic heterocycles. The molecule has 0 saturated carbocycles. The third kappa shape index (κ3) is 15.7. The number of hydrogen-bond donors (Lipinski definition) is 0. The minimum atomic E-state index is -4.23. The van der Waals surface area contributed by atoms with Gasteiger partial charge in [-0.15, -0.1) is 0 Å². The first-order valence-electron chi connectivity index (χ1n) is 6.73. The minimum absolute atomic E-state index is 0.304. The molecule has 0 saturated heterocycles. The zero-order valence-electron chi connectivity index (χ0n) is 12.9. The molecule has 0 aliphatic rings. The Kier molecular flexibility index (Phi) is 11.1. The van der Waals surface area contributed by atoms with Crippen molar-refractivity contribution in [3.8, 4) is 0 Å². The fourth-order valence-electron chi connectivity index (χ4n) is 0.876. The van der Waals surface area contributed by atoms with Gasteiger partial charge in [0.15, 0.2) is 6.10 Å². The van der Waals surface area contributed by atoms with Crippen LogP contribution in [0.3, 0.4) is 0 Å². The Hall–Kier alpha value is -0.500. The molecule has 0 rings (SSSR count). The van der Waals surface area contributed by atoms with Crippen LogP contribution in [0.5, 0.6) is 0 Å². The van der Waals surface area contributed by atoms with E-state index in [-0.39, 0.29) is 12.2 Å². The first-order valence-corrected chi connectivity index (χ1v) is 6.73. The van der Waals surface area contributed by atoms with Crippen LogP contribution in [-0.2, 0) is 9.47 Å². The van der Waals surface area contributed by atoms with Crippen LogP contribution in [0.25, 0.3) is 0 Å². The maximum atomic E-state index is 11.8. The second kappa shape index (κ2) is 10.3. The molecular formula is C13H24F6O2. The lowest BCUT2D eigenvalue weighted by Crippen LogP contribution is -2.31. The highest BCUT2D eigenvalue weighted by Crippen LogP contribution is 2.23. The summed E-state index contributed by atoms with van der Waals surface area (Å²) in [5.41, 5.74) is 0. The molecule has 0 heterocycles. The number of ether oxygens (including phenoxy) is 2. The molecule has 0 aromatic heterocycles. The highest BCUT2D eigenvalue weighted by Gasteiger charge is 2.37. The quantitative estimate of drug-likeness (QED) is 0.631. The van der Waals surface area contributed by atoms with E-state index in [2.05, 4.69) is 9.47 Å². The van der Waals surface area contributed by atoms with E-state index in [9.17, 15) is 26.3 Å². The van der Waals surface area contributed by atoms with Crippen LogP contribution >= 0.6 is 0 Å². The summed E-state index contributed by atoms with van der Waals surface area (Å²) in [6.07, 6.45) is -9.51. The molecule has 0 aromatic rings. The Bertz CT molecular complexity index is 252. The Morgan fingerprint density at radius 3 is 1.52 bits per heavy atom. The maximum absolute atomic E-state index is 11.8. The van der Waals surface area contributed by atoms with Crippen molar-refractivity contribution >= 4 is 0 Å². The van der Waals surface area contributed by atoms with Gasteiger partial charge in [0.1, 0.15) is 6.61 Å². The smallest absolute Gasteiger partial charge is 0.369 e. The van der Waals surface area contributed by atoms with Crippen molar-refractivity contribution in [3.63, 3.8) is 0 Å². The van der Waals surface area contributed by atoms with Crippen molar-refractivity contribution in [1.82, 2.24) is 0 Å². The summed E-state index contributed by atoms with van der Waals surface area (Å²) >= 11 is 0. The molecule has 0 fully saturated rings. The molecule has 3 unspecified atom stereocenters. The molecule has 0 spiro atoms. The molecule has 130 valence electrons. The summed E-state index contributed by atoms with van der Waals surface area (Å²) in [6.45, 7) is 6.69. The summed E-state index contributed by atoms with van der Waals surface area (Å²) in [7, 11) is 0. The normalized spacial score (nSPS) is 16.7. The summed E-state index contributed by atoms with van der Waals surface area (Å²) in [5, 5.41) is 0. The SMILES string of the molecule is CCC(C)OC(C)C(F)(F)F.CCC(C)OCC(F)(F)F. The fraction of sp³-hybridized carbons (Fsp3) is 1.00. The van der Waals surface area contributed by atoms with Gasteiger partial charge in [0.25, 0.3) is 0 Å². The van der Waals surface area contributed by atoms with Crippen molar-refractivity contribution in [2.24, 2.45) is 0 Å². The lowest BCUT2D eigenvalue weighted by atomic mass is 10.3. The van der Waals surface area contributed by atoms with Gasteiger partial charge in [-0.3, -0.25) is 0 Å². The van der Waals surface area contributed by atoms with Gasteiger partial charge < -0.3 is 9.47 Å². The third-order valence-corrected chi connectivity index (χ3v) is 2.58. The topological polar surface area (TPSA) is 18.5 Å². The molecule has 3 atom stereocenters. The molecule has 0 amide bonds. The van der Waals surface area contributed by atoms with E-state index in [1.54, 1.807) is 27.7 Å². The van der Waals surface area contributed by atoms with Gasteiger partial charge in [0.05, 0.1) is 12.2 Å². The molecule has 21 heavy (non-hydrogen) atoms.